The number of aliphatic hydroxyl groups excluding tert-OH is 1. The molecule has 2 heterocycles. The summed E-state index contributed by atoms with van der Waals surface area (Å²) < 4.78 is 16.5. The van der Waals surface area contributed by atoms with Gasteiger partial charge in [0, 0.05) is 10.4 Å². The molecule has 0 radical (unpaired) electrons. The summed E-state index contributed by atoms with van der Waals surface area (Å²) in [5.74, 6) is 0.467. The van der Waals surface area contributed by atoms with E-state index in [0.717, 1.165) is 10.4 Å². The summed E-state index contributed by atoms with van der Waals surface area (Å²) in [5.41, 5.74) is 1.36. The van der Waals surface area contributed by atoms with Crippen molar-refractivity contribution >= 4 is 28.8 Å². The van der Waals surface area contributed by atoms with Gasteiger partial charge >= 0.3 is 0 Å². The fourth-order valence-electron chi connectivity index (χ4n) is 4.06. The summed E-state index contributed by atoms with van der Waals surface area (Å²) in [6.07, 6.45) is 0. The van der Waals surface area contributed by atoms with E-state index in [4.69, 9.17) is 14.2 Å². The van der Waals surface area contributed by atoms with Crippen LogP contribution >= 0.6 is 11.3 Å². The third-order valence-electron chi connectivity index (χ3n) is 5.76. The lowest BCUT2D eigenvalue weighted by molar-refractivity contribution is -0.140. The molecule has 4 rings (SSSR count). The molecule has 3 aromatic rings. The number of carbonyl (C=O) groups is 2. The zero-order chi connectivity index (χ0) is 24.9. The van der Waals surface area contributed by atoms with Gasteiger partial charge in [0.15, 0.2) is 0 Å². The molecule has 7 nitrogen and oxygen atoms in total. The zero-order valence-electron chi connectivity index (χ0n) is 19.8. The number of hydrogen-bond donors (Lipinski definition) is 1. The SMILES string of the molecule is CCOc1ccc(/C(O)=C2/C(=O)C(=O)N(CCOc3ccc(OC)cc3)C2c2cccs2)cc1C. The van der Waals surface area contributed by atoms with Gasteiger partial charge in [0.2, 0.25) is 0 Å². The van der Waals surface area contributed by atoms with Gasteiger partial charge in [-0.25, -0.2) is 0 Å². The maximum atomic E-state index is 13.1. The predicted octanol–water partition coefficient (Wildman–Crippen LogP) is 4.96. The fraction of sp³-hybridized carbons (Fsp3) is 0.259. The Bertz CT molecular complexity index is 1230. The molecule has 182 valence electrons. The van der Waals surface area contributed by atoms with Crippen molar-refractivity contribution in [2.24, 2.45) is 0 Å². The van der Waals surface area contributed by atoms with Gasteiger partial charge in [-0.15, -0.1) is 11.3 Å². The van der Waals surface area contributed by atoms with E-state index in [0.29, 0.717) is 29.4 Å². The molecule has 1 aliphatic heterocycles. The lowest BCUT2D eigenvalue weighted by Gasteiger charge is -2.24. The van der Waals surface area contributed by atoms with Crippen molar-refractivity contribution in [1.29, 1.82) is 0 Å². The van der Waals surface area contributed by atoms with Crippen molar-refractivity contribution in [3.05, 3.63) is 81.6 Å². The van der Waals surface area contributed by atoms with Crippen molar-refractivity contribution < 1.29 is 28.9 Å². The summed E-state index contributed by atoms with van der Waals surface area (Å²) >= 11 is 1.42. The molecule has 0 bridgehead atoms. The highest BCUT2D eigenvalue weighted by molar-refractivity contribution is 7.10. The Labute approximate surface area is 208 Å². The predicted molar refractivity (Wildman–Crippen MR) is 134 cm³/mol. The van der Waals surface area contributed by atoms with Gasteiger partial charge in [0.1, 0.15) is 29.6 Å². The number of methoxy groups -OCH3 is 1. The van der Waals surface area contributed by atoms with Crippen LogP contribution in [0.3, 0.4) is 0 Å². The topological polar surface area (TPSA) is 85.3 Å². The quantitative estimate of drug-likeness (QED) is 0.258. The summed E-state index contributed by atoms with van der Waals surface area (Å²) in [6, 6.07) is 15.3. The number of aryl methyl sites for hydroxylation is 1. The van der Waals surface area contributed by atoms with Gasteiger partial charge < -0.3 is 24.2 Å². The second-order valence-electron chi connectivity index (χ2n) is 7.95. The van der Waals surface area contributed by atoms with E-state index >= 15 is 0 Å². The van der Waals surface area contributed by atoms with E-state index < -0.39 is 17.7 Å². The van der Waals surface area contributed by atoms with Crippen LogP contribution in [0, 0.1) is 6.92 Å². The zero-order valence-corrected chi connectivity index (χ0v) is 20.6. The second-order valence-corrected chi connectivity index (χ2v) is 8.92. The van der Waals surface area contributed by atoms with Crippen LogP contribution in [0.25, 0.3) is 5.76 Å². The number of Topliss-reactive ketones (excluding diaryl/α,β-unsaturated/α-hetero) is 1. The van der Waals surface area contributed by atoms with Crippen LogP contribution in [0.2, 0.25) is 0 Å². The van der Waals surface area contributed by atoms with Crippen molar-refractivity contribution in [2.45, 2.75) is 19.9 Å². The molecule has 0 spiro atoms. The summed E-state index contributed by atoms with van der Waals surface area (Å²) in [4.78, 5) is 28.4. The first-order valence-corrected chi connectivity index (χ1v) is 12.1. The van der Waals surface area contributed by atoms with E-state index in [1.165, 1.54) is 16.2 Å². The molecule has 1 atom stereocenters. The van der Waals surface area contributed by atoms with Crippen molar-refractivity contribution in [3.63, 3.8) is 0 Å². The Balaban J connectivity index is 1.62. The first-order chi connectivity index (χ1) is 16.9. The molecular formula is C27H27NO6S. The van der Waals surface area contributed by atoms with Gasteiger partial charge in [-0.2, -0.15) is 0 Å². The van der Waals surface area contributed by atoms with E-state index in [9.17, 15) is 14.7 Å². The molecule has 0 saturated carbocycles. The highest BCUT2D eigenvalue weighted by Crippen LogP contribution is 2.41. The molecule has 35 heavy (non-hydrogen) atoms. The smallest absolute Gasteiger partial charge is 0.295 e. The van der Waals surface area contributed by atoms with Crippen LogP contribution in [0.5, 0.6) is 17.2 Å². The molecule has 1 amide bonds. The number of amides is 1. The molecule has 1 aromatic heterocycles. The largest absolute Gasteiger partial charge is 0.507 e. The number of carbonyl (C=O) groups excluding carboxylic acids is 2. The molecule has 1 saturated heterocycles. The Hall–Kier alpha value is -3.78. The number of rotatable bonds is 9. The van der Waals surface area contributed by atoms with Crippen LogP contribution in [0.4, 0.5) is 0 Å². The Kier molecular flexibility index (Phi) is 7.41. The Morgan fingerprint density at radius 1 is 1.06 bits per heavy atom. The molecular weight excluding hydrogens is 466 g/mol. The lowest BCUT2D eigenvalue weighted by Crippen LogP contribution is -2.33. The molecule has 8 heteroatoms. The standard InChI is InChI=1S/C27H27NO6S/c1-4-33-21-12-7-18(16-17(21)2)25(29)23-24(22-6-5-15-35-22)28(27(31)26(23)30)13-14-34-20-10-8-19(32-3)9-11-20/h5-12,15-16,24,29H,4,13-14H2,1-3H3/b25-23-. The van der Waals surface area contributed by atoms with Crippen molar-refractivity contribution in [2.75, 3.05) is 26.9 Å². The van der Waals surface area contributed by atoms with Gasteiger partial charge in [-0.1, -0.05) is 6.07 Å². The minimum atomic E-state index is -0.711. The molecule has 0 aliphatic carbocycles. The minimum Gasteiger partial charge on any atom is -0.507 e. The first kappa shape index (κ1) is 24.3. The van der Waals surface area contributed by atoms with Crippen molar-refractivity contribution in [1.82, 2.24) is 4.90 Å². The summed E-state index contributed by atoms with van der Waals surface area (Å²) in [7, 11) is 1.59. The highest BCUT2D eigenvalue weighted by atomic mass is 32.1. The van der Waals surface area contributed by atoms with Crippen LogP contribution in [-0.2, 0) is 9.59 Å². The van der Waals surface area contributed by atoms with E-state index in [1.54, 1.807) is 49.6 Å². The molecule has 1 aliphatic rings. The highest BCUT2D eigenvalue weighted by Gasteiger charge is 2.46. The normalized spacial score (nSPS) is 17.0. The average Bonchev–Trinajstić information content (AvgIpc) is 3.48. The molecule has 1 fully saturated rings. The van der Waals surface area contributed by atoms with Gasteiger partial charge in [0.25, 0.3) is 11.7 Å². The van der Waals surface area contributed by atoms with Crippen molar-refractivity contribution in [3.8, 4) is 17.2 Å². The molecule has 1 N–H and O–H groups in total. The Morgan fingerprint density at radius 3 is 2.43 bits per heavy atom. The monoisotopic (exact) mass is 493 g/mol. The number of aliphatic hydroxyl groups is 1. The third-order valence-corrected chi connectivity index (χ3v) is 6.69. The van der Waals surface area contributed by atoms with E-state index in [1.807, 2.05) is 31.4 Å². The van der Waals surface area contributed by atoms with Crippen LogP contribution in [0.1, 0.15) is 29.0 Å². The van der Waals surface area contributed by atoms with E-state index in [-0.39, 0.29) is 24.5 Å². The summed E-state index contributed by atoms with van der Waals surface area (Å²) in [5, 5.41) is 13.1. The average molecular weight is 494 g/mol. The minimum absolute atomic E-state index is 0.0745. The van der Waals surface area contributed by atoms with Crippen LogP contribution in [-0.4, -0.2) is 48.6 Å². The lowest BCUT2D eigenvalue weighted by atomic mass is 9.99. The number of nitrogens with zero attached hydrogens (tertiary/aromatic N) is 1. The number of hydrogen-bond acceptors (Lipinski definition) is 7. The number of ether oxygens (including phenoxy) is 3. The van der Waals surface area contributed by atoms with Gasteiger partial charge in [-0.3, -0.25) is 9.59 Å². The maximum absolute atomic E-state index is 13.1. The van der Waals surface area contributed by atoms with Crippen LogP contribution < -0.4 is 14.2 Å². The van der Waals surface area contributed by atoms with E-state index in [2.05, 4.69) is 0 Å². The van der Waals surface area contributed by atoms with Gasteiger partial charge in [0.05, 0.1) is 31.9 Å². The second kappa shape index (κ2) is 10.7. The number of likely N-dealkylation sites (tertiary alicyclic amines) is 1. The van der Waals surface area contributed by atoms with Gasteiger partial charge in [-0.05, 0) is 73.3 Å². The number of ketones is 1. The first-order valence-electron chi connectivity index (χ1n) is 11.3. The molecule has 1 unspecified atom stereocenters. The summed E-state index contributed by atoms with van der Waals surface area (Å²) in [6.45, 7) is 4.65. The fourth-order valence-corrected chi connectivity index (χ4v) is 4.90. The maximum Gasteiger partial charge on any atom is 0.295 e. The number of thiophene rings is 1. The Morgan fingerprint density at radius 2 is 1.80 bits per heavy atom. The third kappa shape index (κ3) is 5.02. The van der Waals surface area contributed by atoms with Crippen LogP contribution in [0.15, 0.2) is 65.6 Å². The number of benzene rings is 2. The molecule has 2 aromatic carbocycles.